The highest BCUT2D eigenvalue weighted by atomic mass is 35.5. The van der Waals surface area contributed by atoms with Crippen molar-refractivity contribution in [2.24, 2.45) is 0 Å². The lowest BCUT2D eigenvalue weighted by molar-refractivity contribution is -0.145. The molecular formula is C17H34ClNO2. The zero-order valence-corrected chi connectivity index (χ0v) is 14.5. The number of nitrogens with one attached hydrogen (secondary N) is 1. The topological polar surface area (TPSA) is 38.3 Å². The van der Waals surface area contributed by atoms with E-state index in [0.717, 1.165) is 25.8 Å². The maximum absolute atomic E-state index is 11.6. The van der Waals surface area contributed by atoms with Crippen LogP contribution in [0.3, 0.4) is 0 Å². The van der Waals surface area contributed by atoms with Gasteiger partial charge in [0.05, 0.1) is 6.61 Å². The molecule has 0 bridgehead atoms. The highest BCUT2D eigenvalue weighted by Crippen LogP contribution is 2.11. The van der Waals surface area contributed by atoms with Crippen LogP contribution in [0, 0.1) is 0 Å². The van der Waals surface area contributed by atoms with E-state index in [1.807, 2.05) is 0 Å². The molecule has 1 aliphatic rings. The molecule has 1 rings (SSSR count). The minimum atomic E-state index is -0.0431. The molecule has 0 aliphatic carbocycles. The van der Waals surface area contributed by atoms with Gasteiger partial charge in [-0.05, 0) is 25.8 Å². The highest BCUT2D eigenvalue weighted by Gasteiger charge is 2.22. The maximum Gasteiger partial charge on any atom is 0.323 e. The second-order valence-electron chi connectivity index (χ2n) is 6.00. The molecule has 3 nitrogen and oxygen atoms in total. The summed E-state index contributed by atoms with van der Waals surface area (Å²) < 4.78 is 5.30. The van der Waals surface area contributed by atoms with E-state index in [4.69, 9.17) is 4.74 Å². The lowest BCUT2D eigenvalue weighted by Gasteiger charge is -2.10. The Balaban J connectivity index is 0.00000400. The van der Waals surface area contributed by atoms with Crippen molar-refractivity contribution in [2.45, 2.75) is 90.0 Å². The summed E-state index contributed by atoms with van der Waals surface area (Å²) >= 11 is 0. The van der Waals surface area contributed by atoms with E-state index in [2.05, 4.69) is 12.2 Å². The molecule has 1 aliphatic heterocycles. The number of unbranched alkanes of at least 4 members (excludes halogenated alkanes) is 9. The Bertz CT molecular complexity index is 243. The maximum atomic E-state index is 11.6. The van der Waals surface area contributed by atoms with E-state index in [-0.39, 0.29) is 24.4 Å². The lowest BCUT2D eigenvalue weighted by atomic mass is 10.1. The van der Waals surface area contributed by atoms with Crippen LogP contribution in [0.4, 0.5) is 0 Å². The van der Waals surface area contributed by atoms with Crippen LogP contribution < -0.4 is 5.32 Å². The van der Waals surface area contributed by atoms with Crippen LogP contribution in [-0.2, 0) is 9.53 Å². The molecule has 0 spiro atoms. The minimum Gasteiger partial charge on any atom is -0.465 e. The third-order valence-electron chi connectivity index (χ3n) is 4.09. The van der Waals surface area contributed by atoms with E-state index in [9.17, 15) is 4.79 Å². The number of hydrogen-bond acceptors (Lipinski definition) is 3. The van der Waals surface area contributed by atoms with Crippen LogP contribution in [0.15, 0.2) is 0 Å². The number of carbonyl (C=O) groups is 1. The first kappa shape index (κ1) is 20.7. The van der Waals surface area contributed by atoms with Crippen molar-refractivity contribution in [3.63, 3.8) is 0 Å². The van der Waals surface area contributed by atoms with Crippen molar-refractivity contribution in [1.82, 2.24) is 5.32 Å². The Morgan fingerprint density at radius 2 is 1.57 bits per heavy atom. The molecule has 1 fully saturated rings. The third kappa shape index (κ3) is 11.0. The molecular weight excluding hydrogens is 286 g/mol. The van der Waals surface area contributed by atoms with Crippen molar-refractivity contribution < 1.29 is 9.53 Å². The Morgan fingerprint density at radius 1 is 1.00 bits per heavy atom. The molecule has 0 aromatic rings. The average Bonchev–Trinajstić information content (AvgIpc) is 2.99. The number of hydrogen-bond donors (Lipinski definition) is 1. The summed E-state index contributed by atoms with van der Waals surface area (Å²) in [6, 6.07) is -0.0295. The smallest absolute Gasteiger partial charge is 0.323 e. The van der Waals surface area contributed by atoms with Gasteiger partial charge in [-0.1, -0.05) is 64.7 Å². The number of rotatable bonds is 12. The molecule has 4 heteroatoms. The fourth-order valence-corrected chi connectivity index (χ4v) is 2.75. The van der Waals surface area contributed by atoms with Gasteiger partial charge in [0.15, 0.2) is 0 Å². The van der Waals surface area contributed by atoms with Gasteiger partial charge in [0.25, 0.3) is 0 Å². The quantitative estimate of drug-likeness (QED) is 0.421. The van der Waals surface area contributed by atoms with E-state index in [1.165, 1.54) is 57.8 Å². The summed E-state index contributed by atoms with van der Waals surface area (Å²) in [6.45, 7) is 3.82. The minimum absolute atomic E-state index is 0. The normalized spacial score (nSPS) is 17.5. The Morgan fingerprint density at radius 3 is 2.10 bits per heavy atom. The molecule has 1 unspecified atom stereocenters. The van der Waals surface area contributed by atoms with Crippen LogP contribution in [0.5, 0.6) is 0 Å². The molecule has 1 N–H and O–H groups in total. The zero-order valence-electron chi connectivity index (χ0n) is 13.7. The van der Waals surface area contributed by atoms with Crippen LogP contribution in [-0.4, -0.2) is 25.2 Å². The van der Waals surface area contributed by atoms with Gasteiger partial charge in [0.1, 0.15) is 6.04 Å². The van der Waals surface area contributed by atoms with E-state index < -0.39 is 0 Å². The standard InChI is InChI=1S/C17H33NO2.ClH/c1-2-3-4-5-6-7-8-9-10-11-15-20-17(19)16-13-12-14-18-16;/h16,18H,2-15H2,1H3;1H. The molecule has 21 heavy (non-hydrogen) atoms. The zero-order chi connectivity index (χ0) is 14.5. The predicted octanol–water partition coefficient (Wildman–Crippen LogP) is 4.62. The van der Waals surface area contributed by atoms with Crippen molar-refractivity contribution in [2.75, 3.05) is 13.2 Å². The van der Waals surface area contributed by atoms with Crippen LogP contribution in [0.2, 0.25) is 0 Å². The first-order chi connectivity index (χ1) is 9.84. The number of halogens is 1. The van der Waals surface area contributed by atoms with Gasteiger partial charge in [-0.15, -0.1) is 12.4 Å². The third-order valence-corrected chi connectivity index (χ3v) is 4.09. The van der Waals surface area contributed by atoms with E-state index in [0.29, 0.717) is 6.61 Å². The van der Waals surface area contributed by atoms with Crippen LogP contribution in [0.25, 0.3) is 0 Å². The largest absolute Gasteiger partial charge is 0.465 e. The second-order valence-corrected chi connectivity index (χ2v) is 6.00. The summed E-state index contributed by atoms with van der Waals surface area (Å²) in [6.07, 6.45) is 15.2. The first-order valence-electron chi connectivity index (χ1n) is 8.74. The number of carbonyl (C=O) groups excluding carboxylic acids is 1. The van der Waals surface area contributed by atoms with Gasteiger partial charge in [-0.3, -0.25) is 4.79 Å². The molecule has 0 saturated carbocycles. The lowest BCUT2D eigenvalue weighted by Crippen LogP contribution is -2.32. The van der Waals surface area contributed by atoms with E-state index >= 15 is 0 Å². The van der Waals surface area contributed by atoms with Crippen molar-refractivity contribution >= 4 is 18.4 Å². The summed E-state index contributed by atoms with van der Waals surface area (Å²) in [5, 5.41) is 3.17. The number of ether oxygens (including phenoxy) is 1. The Labute approximate surface area is 137 Å². The molecule has 0 aromatic carbocycles. The van der Waals surface area contributed by atoms with Crippen molar-refractivity contribution in [3.8, 4) is 0 Å². The SMILES string of the molecule is CCCCCCCCCCCCOC(=O)C1CCCN1.Cl. The Hall–Kier alpha value is -0.280. The second kappa shape index (κ2) is 14.6. The molecule has 1 heterocycles. The predicted molar refractivity (Wildman–Crippen MR) is 91.1 cm³/mol. The van der Waals surface area contributed by atoms with E-state index in [1.54, 1.807) is 0 Å². The van der Waals surface area contributed by atoms with Gasteiger partial charge in [0, 0.05) is 0 Å². The highest BCUT2D eigenvalue weighted by molar-refractivity contribution is 5.85. The molecule has 0 aromatic heterocycles. The summed E-state index contributed by atoms with van der Waals surface area (Å²) in [7, 11) is 0. The van der Waals surface area contributed by atoms with Crippen LogP contribution >= 0.6 is 12.4 Å². The molecule has 1 atom stereocenters. The summed E-state index contributed by atoms with van der Waals surface area (Å²) in [5.74, 6) is -0.0431. The molecule has 1 saturated heterocycles. The fraction of sp³-hybridized carbons (Fsp3) is 0.941. The Kier molecular flexibility index (Phi) is 14.5. The van der Waals surface area contributed by atoms with Crippen molar-refractivity contribution in [1.29, 1.82) is 0 Å². The van der Waals surface area contributed by atoms with Crippen LogP contribution in [0.1, 0.15) is 84.0 Å². The fourth-order valence-electron chi connectivity index (χ4n) is 2.75. The molecule has 0 radical (unpaired) electrons. The van der Waals surface area contributed by atoms with Gasteiger partial charge < -0.3 is 10.1 Å². The number of esters is 1. The van der Waals surface area contributed by atoms with Gasteiger partial charge in [-0.25, -0.2) is 0 Å². The summed E-state index contributed by atoms with van der Waals surface area (Å²) in [4.78, 5) is 11.6. The summed E-state index contributed by atoms with van der Waals surface area (Å²) in [5.41, 5.74) is 0. The first-order valence-corrected chi connectivity index (χ1v) is 8.74. The average molecular weight is 320 g/mol. The monoisotopic (exact) mass is 319 g/mol. The van der Waals surface area contributed by atoms with Gasteiger partial charge >= 0.3 is 5.97 Å². The van der Waals surface area contributed by atoms with Gasteiger partial charge in [0.2, 0.25) is 0 Å². The van der Waals surface area contributed by atoms with Gasteiger partial charge in [-0.2, -0.15) is 0 Å². The molecule has 0 amide bonds. The van der Waals surface area contributed by atoms with Crippen molar-refractivity contribution in [3.05, 3.63) is 0 Å². The molecule has 126 valence electrons.